The number of pyridine rings is 1. The quantitative estimate of drug-likeness (QED) is 0.0151. The van der Waals surface area contributed by atoms with Gasteiger partial charge in [-0.15, -0.1) is 0 Å². The highest BCUT2D eigenvalue weighted by molar-refractivity contribution is 7.85. The zero-order valence-corrected chi connectivity index (χ0v) is 57.3. The van der Waals surface area contributed by atoms with E-state index in [1.54, 1.807) is 12.3 Å². The van der Waals surface area contributed by atoms with Gasteiger partial charge in [-0.1, -0.05) is 67.6 Å². The predicted molar refractivity (Wildman–Crippen MR) is 364 cm³/mol. The number of carboxylic acid groups (broad SMARTS) is 1. The number of likely N-dealkylation sites (tertiary alicyclic amines) is 1. The number of carbonyl (C=O) groups is 7. The number of nitrogens with one attached hydrogen (secondary N) is 2. The molecule has 13 rings (SSSR count). The molecule has 5 fully saturated rings. The highest BCUT2D eigenvalue weighted by Gasteiger charge is 2.66. The summed E-state index contributed by atoms with van der Waals surface area (Å²) in [7, 11) is -4.31. The van der Waals surface area contributed by atoms with E-state index >= 15 is 0 Å². The number of nitrogens with zero attached hydrogens (tertiary/aromatic N) is 8. The first-order valence-electron chi connectivity index (χ1n) is 33.6. The van der Waals surface area contributed by atoms with Crippen LogP contribution in [-0.2, 0) is 76.0 Å². The van der Waals surface area contributed by atoms with Crippen molar-refractivity contribution in [2.24, 2.45) is 16.2 Å². The minimum absolute atomic E-state index is 0.0268. The topological polar surface area (TPSA) is 343 Å². The van der Waals surface area contributed by atoms with Crippen molar-refractivity contribution in [2.45, 2.75) is 141 Å². The lowest BCUT2D eigenvalue weighted by atomic mass is 9.39. The predicted octanol–water partition coefficient (Wildman–Crippen LogP) is 6.93. The maximum Gasteiger partial charge on any atom is 0.410 e. The molecule has 5 atom stereocenters. The summed E-state index contributed by atoms with van der Waals surface area (Å²) in [5, 5.41) is 42.1. The Morgan fingerprint density at radius 2 is 1.68 bits per heavy atom. The van der Waals surface area contributed by atoms with Crippen LogP contribution in [0.5, 0.6) is 0 Å². The molecule has 6 amide bonds. The summed E-state index contributed by atoms with van der Waals surface area (Å²) in [6.45, 7) is 7.46. The largest absolute Gasteiger partial charge is 0.476 e. The van der Waals surface area contributed by atoms with E-state index in [9.17, 15) is 57.3 Å². The number of thiazole rings is 1. The van der Waals surface area contributed by atoms with Crippen molar-refractivity contribution < 1.29 is 76.1 Å². The Kier molecular flexibility index (Phi) is 20.6. The molecule has 4 aliphatic carbocycles. The number of fused-ring (bicyclic) bond motifs is 2. The van der Waals surface area contributed by atoms with Gasteiger partial charge in [0.05, 0.1) is 72.9 Å². The highest BCUT2D eigenvalue weighted by atomic mass is 32.2. The molecule has 3 aromatic carbocycles. The zero-order chi connectivity index (χ0) is 70.0. The van der Waals surface area contributed by atoms with E-state index in [4.69, 9.17) is 28.8 Å². The number of imide groups is 1. The molecule has 2 unspecified atom stereocenters. The molecule has 3 aliphatic heterocycles. The fourth-order valence-electron chi connectivity index (χ4n) is 16.9. The van der Waals surface area contributed by atoms with Crippen molar-refractivity contribution in [1.82, 2.24) is 39.8 Å². The van der Waals surface area contributed by atoms with Crippen molar-refractivity contribution in [3.8, 4) is 11.1 Å². The third kappa shape index (κ3) is 16.1. The number of aromatic carboxylic acids is 1. The number of hydrogen-bond acceptors (Lipinski definition) is 19. The number of carbonyl (C=O) groups excluding carboxylic acids is 6. The summed E-state index contributed by atoms with van der Waals surface area (Å²) >= 11 is 1.41. The molecule has 28 heteroatoms. The first-order chi connectivity index (χ1) is 47.3. The number of aromatic nitrogens is 4. The number of unbranched alkanes of at least 4 members (excludes halogenated alkanes) is 1. The zero-order valence-electron chi connectivity index (χ0n) is 55.7. The molecule has 3 aromatic heterocycles. The van der Waals surface area contributed by atoms with Crippen molar-refractivity contribution >= 4 is 84.2 Å². The van der Waals surface area contributed by atoms with Gasteiger partial charge >= 0.3 is 12.1 Å². The first kappa shape index (κ1) is 70.4. The second-order valence-corrected chi connectivity index (χ2v) is 30.9. The molecule has 1 saturated heterocycles. The molecular weight excluding hydrogens is 1310 g/mol. The van der Waals surface area contributed by atoms with Crippen LogP contribution >= 0.6 is 11.3 Å². The number of rotatable bonds is 30. The molecule has 26 nitrogen and oxygen atoms in total. The Labute approximate surface area is 577 Å². The Balaban J connectivity index is 0.631. The third-order valence-corrected chi connectivity index (χ3v) is 21.9. The van der Waals surface area contributed by atoms with Crippen molar-refractivity contribution in [3.05, 3.63) is 136 Å². The lowest BCUT2D eigenvalue weighted by molar-refractivity contribution is -0.248. The van der Waals surface area contributed by atoms with E-state index in [-0.39, 0.29) is 86.7 Å². The van der Waals surface area contributed by atoms with Crippen LogP contribution in [0.4, 0.5) is 15.7 Å². The molecule has 525 valence electrons. The van der Waals surface area contributed by atoms with Crippen molar-refractivity contribution in [2.75, 3.05) is 75.1 Å². The number of benzene rings is 3. The van der Waals surface area contributed by atoms with Crippen LogP contribution in [0.15, 0.2) is 91.1 Å². The van der Waals surface area contributed by atoms with Crippen LogP contribution in [0.1, 0.15) is 127 Å². The van der Waals surface area contributed by atoms with Gasteiger partial charge in [0.2, 0.25) is 11.8 Å². The van der Waals surface area contributed by atoms with Crippen molar-refractivity contribution in [3.63, 3.8) is 0 Å². The summed E-state index contributed by atoms with van der Waals surface area (Å²) < 4.78 is 52.7. The van der Waals surface area contributed by atoms with Gasteiger partial charge in [-0.25, -0.2) is 19.6 Å². The number of ether oxygens (including phenoxy) is 3. The number of carboxylic acids is 1. The second kappa shape index (κ2) is 29.0. The molecule has 1 radical (unpaired) electrons. The van der Waals surface area contributed by atoms with E-state index in [2.05, 4.69) is 35.5 Å². The van der Waals surface area contributed by atoms with Crippen LogP contribution in [-0.4, -0.2) is 193 Å². The van der Waals surface area contributed by atoms with Crippen molar-refractivity contribution in [1.29, 1.82) is 0 Å². The van der Waals surface area contributed by atoms with E-state index in [0.717, 1.165) is 88.2 Å². The number of aliphatic hydroxyl groups excluding tert-OH is 2. The van der Waals surface area contributed by atoms with Gasteiger partial charge in [0.15, 0.2) is 10.8 Å². The maximum absolute atomic E-state index is 13.9. The normalized spacial score (nSPS) is 23.5. The van der Waals surface area contributed by atoms with Crippen LogP contribution in [0.25, 0.3) is 21.3 Å². The number of anilines is 2. The van der Waals surface area contributed by atoms with Gasteiger partial charge in [0.1, 0.15) is 18.5 Å². The Hall–Kier alpha value is -8.51. The van der Waals surface area contributed by atoms with Crippen LogP contribution in [0, 0.1) is 29.2 Å². The molecule has 6 N–H and O–H groups in total. The van der Waals surface area contributed by atoms with E-state index in [1.165, 1.54) is 21.1 Å². The molecule has 99 heavy (non-hydrogen) atoms. The van der Waals surface area contributed by atoms with Crippen LogP contribution in [0.3, 0.4) is 0 Å². The smallest absolute Gasteiger partial charge is 0.410 e. The Morgan fingerprint density at radius 3 is 2.40 bits per heavy atom. The lowest BCUT2D eigenvalue weighted by Gasteiger charge is -2.69. The Morgan fingerprint density at radius 1 is 0.899 bits per heavy atom. The fourth-order valence-corrected chi connectivity index (χ4v) is 18.1. The van der Waals surface area contributed by atoms with Gasteiger partial charge in [0, 0.05) is 80.2 Å². The molecule has 4 bridgehead atoms. The molecule has 0 spiro atoms. The number of para-hydroxylation sites is 1. The molecule has 4 saturated carbocycles. The molecule has 7 aliphatic rings. The van der Waals surface area contributed by atoms with Gasteiger partial charge < -0.3 is 49.5 Å². The van der Waals surface area contributed by atoms with E-state index in [1.807, 2.05) is 83.2 Å². The highest BCUT2D eigenvalue weighted by Crippen LogP contribution is 2.72. The summed E-state index contributed by atoms with van der Waals surface area (Å²) in [6.07, 6.45) is 10.2. The maximum atomic E-state index is 13.9. The number of aliphatic hydroxyl groups is 2. The average molecular weight is 1400 g/mol. The summed E-state index contributed by atoms with van der Waals surface area (Å²) in [5.41, 5.74) is 5.87. The summed E-state index contributed by atoms with van der Waals surface area (Å²) in [6, 6.07) is 23.9. The lowest BCUT2D eigenvalue weighted by Crippen LogP contribution is -2.64. The van der Waals surface area contributed by atoms with Crippen LogP contribution < -0.4 is 15.5 Å². The van der Waals surface area contributed by atoms with Gasteiger partial charge in [-0.3, -0.25) is 43.4 Å². The minimum Gasteiger partial charge on any atom is -0.476 e. The monoisotopic (exact) mass is 1400 g/mol. The fraction of sp³-hybridized carbons (Fsp3) is 0.493. The van der Waals surface area contributed by atoms with Gasteiger partial charge in [-0.05, 0) is 152 Å². The summed E-state index contributed by atoms with van der Waals surface area (Å²) in [5.74, 6) is -4.05. The molecule has 6 heterocycles. The number of amides is 6. The average Bonchev–Trinajstić information content (AvgIpc) is 1.16. The molecule has 6 aromatic rings. The first-order valence-corrected chi connectivity index (χ1v) is 36.0. The summed E-state index contributed by atoms with van der Waals surface area (Å²) in [4.78, 5) is 107. The minimum atomic E-state index is -4.31. The number of aryl methyl sites for hydroxylation is 1. The van der Waals surface area contributed by atoms with Crippen LogP contribution in [0.2, 0.25) is 0 Å². The second-order valence-electron chi connectivity index (χ2n) is 28.2. The standard InChI is InChI=1S/C71H83N10O16S2/c1-45-53(51-18-19-58(75-62(51)65(89)90)78-25-22-48-10-8-11-52(54(48)33-78)63(87)76-66-74-55-12-4-5-13-57(55)98-66)32-73-80(45)44-70-39-68(2)38-69(3,40-70)42-71(41-68,43-70)97-28-27-77(26-23-50(83)35-82)67(91)96-36-47-16-14-46(15-17-47)9-6-7-24-72-59(84)34-79-49(37-95-29-30-99(92,93)94)31-56(64(79)88)81-60(85)20-21-61(81)86/h4-5,8,10-16,18-21,32,49-50,56,82-83H,6-7,9,22-31,33-44H2,1-3H3,(H,72,84)(H,89,90)(H,74,76,87)(H,92,93,94)/t49-,50-,56-,68?,69?,70?,71?/m0/s1. The Bertz CT molecular complexity index is 4160. The van der Waals surface area contributed by atoms with E-state index < -0.39 is 88.5 Å². The van der Waals surface area contributed by atoms with Gasteiger partial charge in [-0.2, -0.15) is 13.5 Å². The van der Waals surface area contributed by atoms with Gasteiger partial charge in [0.25, 0.3) is 27.8 Å². The van der Waals surface area contributed by atoms with E-state index in [0.29, 0.717) is 78.5 Å². The SMILES string of the molecule is Cc1c(-c2ccc(N3CCc4cccc(C(=O)Nc5nc6ccccc6s5)c4C3)nc2C(=O)O)cnn1CC12CC3(C)CC(C)(C1)CC(OCCN(CC[C@H](O)CO)C(=O)OCc1[c]cc(CCCCNC(=O)CN4C(=O)[C@@H](N5C(=O)C=CC5=O)C[C@H]4COCCS(=O)(=O)O)cc1)(C3)C2. The molecular formula is C71H83N10O16S2. The third-order valence-electron chi connectivity index (χ3n) is 20.2. The number of hydrogen-bond donors (Lipinski definition) is 6.